The van der Waals surface area contributed by atoms with E-state index in [1.54, 1.807) is 6.07 Å². The first-order valence-corrected chi connectivity index (χ1v) is 7.06. The van der Waals surface area contributed by atoms with Gasteiger partial charge in [0.05, 0.1) is 5.69 Å². The van der Waals surface area contributed by atoms with Crippen molar-refractivity contribution in [3.63, 3.8) is 0 Å². The third-order valence-corrected chi connectivity index (χ3v) is 3.61. The van der Waals surface area contributed by atoms with Gasteiger partial charge in [-0.3, -0.25) is 0 Å². The minimum atomic E-state index is -0.266. The number of nitrogens with zero attached hydrogens (tertiary/aromatic N) is 3. The van der Waals surface area contributed by atoms with E-state index in [9.17, 15) is 4.39 Å². The summed E-state index contributed by atoms with van der Waals surface area (Å²) in [6.07, 6.45) is 0.614. The van der Waals surface area contributed by atoms with Crippen LogP contribution in [0.1, 0.15) is 23.7 Å². The molecule has 0 aliphatic rings. The molecule has 0 atom stereocenters. The third-order valence-electron chi connectivity index (χ3n) is 2.70. The van der Waals surface area contributed by atoms with Crippen LogP contribution in [-0.2, 0) is 12.2 Å². The molecule has 0 aliphatic carbocycles. The van der Waals surface area contributed by atoms with E-state index in [4.69, 9.17) is 11.0 Å². The number of rotatable bonds is 4. The predicted octanol–water partition coefficient (Wildman–Crippen LogP) is 2.92. The minimum Gasteiger partial charge on any atom is -0.382 e. The number of aryl methyl sites for hydroxylation is 1. The molecule has 0 amide bonds. The van der Waals surface area contributed by atoms with Crippen molar-refractivity contribution in [2.24, 2.45) is 0 Å². The molecular formula is C14H13FN4S. The van der Waals surface area contributed by atoms with Gasteiger partial charge in [0.25, 0.3) is 0 Å². The van der Waals surface area contributed by atoms with E-state index >= 15 is 0 Å². The SMILES string of the molecule is CCc1nc(SCc2cccc(F)c2)nc(N)c1C#N. The Morgan fingerprint density at radius 2 is 2.20 bits per heavy atom. The largest absolute Gasteiger partial charge is 0.382 e. The topological polar surface area (TPSA) is 75.6 Å². The number of aromatic nitrogens is 2. The molecule has 6 heteroatoms. The molecule has 0 fully saturated rings. The molecule has 1 aromatic heterocycles. The lowest BCUT2D eigenvalue weighted by Crippen LogP contribution is -2.04. The molecule has 0 spiro atoms. The lowest BCUT2D eigenvalue weighted by Gasteiger charge is -2.06. The van der Waals surface area contributed by atoms with Crippen molar-refractivity contribution in [1.29, 1.82) is 5.26 Å². The Labute approximate surface area is 120 Å². The maximum absolute atomic E-state index is 13.1. The summed E-state index contributed by atoms with van der Waals surface area (Å²) in [7, 11) is 0. The van der Waals surface area contributed by atoms with Gasteiger partial charge in [0, 0.05) is 5.75 Å². The molecule has 1 heterocycles. The Morgan fingerprint density at radius 3 is 2.85 bits per heavy atom. The van der Waals surface area contributed by atoms with Gasteiger partial charge in [0.1, 0.15) is 23.3 Å². The highest BCUT2D eigenvalue weighted by Crippen LogP contribution is 2.23. The molecule has 0 radical (unpaired) electrons. The number of thioether (sulfide) groups is 1. The second-order valence-electron chi connectivity index (χ2n) is 4.10. The molecule has 2 rings (SSSR count). The summed E-state index contributed by atoms with van der Waals surface area (Å²) >= 11 is 1.37. The van der Waals surface area contributed by atoms with E-state index in [-0.39, 0.29) is 11.6 Å². The van der Waals surface area contributed by atoms with Crippen molar-refractivity contribution in [1.82, 2.24) is 9.97 Å². The number of halogens is 1. The Bertz CT molecular complexity index is 667. The maximum atomic E-state index is 13.1. The fourth-order valence-electron chi connectivity index (χ4n) is 1.72. The summed E-state index contributed by atoms with van der Waals surface area (Å²) in [5.41, 5.74) is 7.58. The van der Waals surface area contributed by atoms with Crippen molar-refractivity contribution >= 4 is 17.6 Å². The molecule has 20 heavy (non-hydrogen) atoms. The fraction of sp³-hybridized carbons (Fsp3) is 0.214. The van der Waals surface area contributed by atoms with Crippen LogP contribution in [0.15, 0.2) is 29.4 Å². The normalized spacial score (nSPS) is 10.2. The van der Waals surface area contributed by atoms with Crippen molar-refractivity contribution in [2.45, 2.75) is 24.3 Å². The smallest absolute Gasteiger partial charge is 0.190 e. The summed E-state index contributed by atoms with van der Waals surface area (Å²) in [5.74, 6) is 0.477. The van der Waals surface area contributed by atoms with Crippen LogP contribution in [0.3, 0.4) is 0 Å². The number of nitrogen functional groups attached to an aromatic ring is 1. The standard InChI is InChI=1S/C14H13FN4S/c1-2-12-11(7-16)13(17)19-14(18-12)20-8-9-4-3-5-10(15)6-9/h3-6H,2,8H2,1H3,(H2,17,18,19). The van der Waals surface area contributed by atoms with Crippen LogP contribution in [0.5, 0.6) is 0 Å². The van der Waals surface area contributed by atoms with Crippen molar-refractivity contribution in [3.8, 4) is 6.07 Å². The average molecular weight is 288 g/mol. The number of benzene rings is 1. The second kappa shape index (κ2) is 6.35. The first-order chi connectivity index (χ1) is 9.63. The maximum Gasteiger partial charge on any atom is 0.190 e. The van der Waals surface area contributed by atoms with Gasteiger partial charge >= 0.3 is 0 Å². The monoisotopic (exact) mass is 288 g/mol. The van der Waals surface area contributed by atoms with Crippen LogP contribution in [-0.4, -0.2) is 9.97 Å². The van der Waals surface area contributed by atoms with Crippen molar-refractivity contribution < 1.29 is 4.39 Å². The molecular weight excluding hydrogens is 275 g/mol. The lowest BCUT2D eigenvalue weighted by molar-refractivity contribution is 0.626. The molecule has 0 saturated heterocycles. The molecule has 0 aliphatic heterocycles. The highest BCUT2D eigenvalue weighted by atomic mass is 32.2. The Balaban J connectivity index is 2.18. The average Bonchev–Trinajstić information content (AvgIpc) is 2.44. The van der Waals surface area contributed by atoms with E-state index in [0.29, 0.717) is 28.6 Å². The van der Waals surface area contributed by atoms with Crippen LogP contribution in [0.4, 0.5) is 10.2 Å². The fourth-order valence-corrected chi connectivity index (χ4v) is 2.53. The quantitative estimate of drug-likeness (QED) is 0.691. The van der Waals surface area contributed by atoms with E-state index in [2.05, 4.69) is 9.97 Å². The third kappa shape index (κ3) is 3.25. The van der Waals surface area contributed by atoms with Crippen LogP contribution < -0.4 is 5.73 Å². The number of hydrogen-bond acceptors (Lipinski definition) is 5. The molecule has 0 unspecified atom stereocenters. The van der Waals surface area contributed by atoms with E-state index in [1.807, 2.05) is 19.1 Å². The van der Waals surface area contributed by atoms with Gasteiger partial charge in [0.2, 0.25) is 0 Å². The molecule has 2 aromatic rings. The van der Waals surface area contributed by atoms with E-state index in [1.165, 1.54) is 23.9 Å². The summed E-state index contributed by atoms with van der Waals surface area (Å²) in [5, 5.41) is 9.50. The molecule has 2 N–H and O–H groups in total. The molecule has 102 valence electrons. The second-order valence-corrected chi connectivity index (χ2v) is 5.04. The van der Waals surface area contributed by atoms with Gasteiger partial charge in [-0.1, -0.05) is 30.8 Å². The number of nitrogens with two attached hydrogens (primary N) is 1. The van der Waals surface area contributed by atoms with Gasteiger partial charge in [-0.05, 0) is 24.1 Å². The number of hydrogen-bond donors (Lipinski definition) is 1. The molecule has 0 bridgehead atoms. The summed E-state index contributed by atoms with van der Waals surface area (Å²) in [6, 6.07) is 8.39. The van der Waals surface area contributed by atoms with Crippen LogP contribution in [0.25, 0.3) is 0 Å². The zero-order valence-corrected chi connectivity index (χ0v) is 11.7. The van der Waals surface area contributed by atoms with E-state index < -0.39 is 0 Å². The first-order valence-electron chi connectivity index (χ1n) is 6.07. The lowest BCUT2D eigenvalue weighted by atomic mass is 10.2. The Hall–Kier alpha value is -2.13. The van der Waals surface area contributed by atoms with Gasteiger partial charge in [-0.2, -0.15) is 5.26 Å². The Morgan fingerprint density at radius 1 is 1.40 bits per heavy atom. The summed E-state index contributed by atoms with van der Waals surface area (Å²) in [4.78, 5) is 8.42. The van der Waals surface area contributed by atoms with Crippen LogP contribution in [0.2, 0.25) is 0 Å². The zero-order valence-electron chi connectivity index (χ0n) is 10.9. The zero-order chi connectivity index (χ0) is 14.5. The number of nitriles is 1. The Kier molecular flexibility index (Phi) is 4.53. The highest BCUT2D eigenvalue weighted by molar-refractivity contribution is 7.98. The molecule has 1 aromatic carbocycles. The molecule has 4 nitrogen and oxygen atoms in total. The summed E-state index contributed by atoms with van der Waals surface area (Å²) < 4.78 is 13.1. The minimum absolute atomic E-state index is 0.195. The van der Waals surface area contributed by atoms with Crippen molar-refractivity contribution in [3.05, 3.63) is 46.9 Å². The van der Waals surface area contributed by atoms with E-state index in [0.717, 1.165) is 5.56 Å². The van der Waals surface area contributed by atoms with Gasteiger partial charge in [0.15, 0.2) is 5.16 Å². The molecule has 0 saturated carbocycles. The first kappa shape index (κ1) is 14.3. The highest BCUT2D eigenvalue weighted by Gasteiger charge is 2.11. The van der Waals surface area contributed by atoms with Gasteiger partial charge < -0.3 is 5.73 Å². The predicted molar refractivity (Wildman–Crippen MR) is 76.5 cm³/mol. The van der Waals surface area contributed by atoms with Crippen LogP contribution >= 0.6 is 11.8 Å². The van der Waals surface area contributed by atoms with Crippen LogP contribution in [0, 0.1) is 17.1 Å². The van der Waals surface area contributed by atoms with Gasteiger partial charge in [-0.25, -0.2) is 14.4 Å². The summed E-state index contributed by atoms with van der Waals surface area (Å²) in [6.45, 7) is 1.91. The van der Waals surface area contributed by atoms with Crippen molar-refractivity contribution in [2.75, 3.05) is 5.73 Å². The number of anilines is 1. The van der Waals surface area contributed by atoms with Gasteiger partial charge in [-0.15, -0.1) is 0 Å².